The predicted octanol–water partition coefficient (Wildman–Crippen LogP) is 4.21. The molecule has 176 valence electrons. The van der Waals surface area contributed by atoms with Gasteiger partial charge in [0.15, 0.2) is 5.17 Å². The van der Waals surface area contributed by atoms with Gasteiger partial charge in [0.1, 0.15) is 0 Å². The molecule has 0 radical (unpaired) electrons. The lowest BCUT2D eigenvalue weighted by Gasteiger charge is -2.37. The van der Waals surface area contributed by atoms with Gasteiger partial charge in [0.05, 0.1) is 35.9 Å². The van der Waals surface area contributed by atoms with E-state index in [9.17, 15) is 9.59 Å². The molecule has 1 aromatic carbocycles. The second-order valence-corrected chi connectivity index (χ2v) is 9.66. The van der Waals surface area contributed by atoms with E-state index >= 15 is 0 Å². The molecule has 0 unspecified atom stereocenters. The number of ether oxygens (including phenoxy) is 2. The molecule has 1 amide bonds. The lowest BCUT2D eigenvalue weighted by atomic mass is 9.91. The molecule has 1 N–H and O–H groups in total. The molecule has 33 heavy (non-hydrogen) atoms. The maximum absolute atomic E-state index is 13.2. The highest BCUT2D eigenvalue weighted by atomic mass is 32.2. The number of fused-ring (bicyclic) bond motifs is 1. The fourth-order valence-corrected chi connectivity index (χ4v) is 5.32. The molecule has 7 nitrogen and oxygen atoms in total. The third kappa shape index (κ3) is 5.17. The van der Waals surface area contributed by atoms with Crippen molar-refractivity contribution in [2.24, 2.45) is 4.99 Å². The molecule has 0 aliphatic carbocycles. The van der Waals surface area contributed by atoms with Crippen molar-refractivity contribution < 1.29 is 19.1 Å². The molecule has 0 spiro atoms. The third-order valence-electron chi connectivity index (χ3n) is 5.94. The summed E-state index contributed by atoms with van der Waals surface area (Å²) < 4.78 is 11.2. The van der Waals surface area contributed by atoms with E-state index < -0.39 is 6.04 Å². The zero-order valence-corrected chi connectivity index (χ0v) is 20.4. The second kappa shape index (κ2) is 10.1. The van der Waals surface area contributed by atoms with Crippen molar-refractivity contribution in [3.8, 4) is 0 Å². The predicted molar refractivity (Wildman–Crippen MR) is 129 cm³/mol. The average molecular weight is 470 g/mol. The Morgan fingerprint density at radius 2 is 2.09 bits per heavy atom. The van der Waals surface area contributed by atoms with Gasteiger partial charge >= 0.3 is 5.97 Å². The van der Waals surface area contributed by atoms with E-state index in [0.29, 0.717) is 17.8 Å². The molecule has 3 aliphatic heterocycles. The van der Waals surface area contributed by atoms with Crippen molar-refractivity contribution in [2.45, 2.75) is 65.2 Å². The first kappa shape index (κ1) is 23.6. The maximum atomic E-state index is 13.2. The summed E-state index contributed by atoms with van der Waals surface area (Å²) in [5, 5.41) is 5.72. The largest absolute Gasteiger partial charge is 0.459 e. The lowest BCUT2D eigenvalue weighted by Crippen LogP contribution is -2.39. The van der Waals surface area contributed by atoms with Crippen LogP contribution < -0.4 is 5.32 Å². The Kier molecular flexibility index (Phi) is 7.24. The zero-order chi connectivity index (χ0) is 23.5. The number of rotatable bonds is 7. The van der Waals surface area contributed by atoms with Crippen LogP contribution in [0.1, 0.15) is 57.2 Å². The van der Waals surface area contributed by atoms with Crippen LogP contribution in [0.25, 0.3) is 0 Å². The number of aryl methyl sites for hydroxylation is 1. The quantitative estimate of drug-likeness (QED) is 0.603. The first-order chi connectivity index (χ1) is 15.8. The van der Waals surface area contributed by atoms with Crippen LogP contribution in [-0.2, 0) is 19.1 Å². The van der Waals surface area contributed by atoms with Gasteiger partial charge in [-0.25, -0.2) is 9.79 Å². The van der Waals surface area contributed by atoms with Gasteiger partial charge in [-0.2, -0.15) is 0 Å². The Morgan fingerprint density at radius 3 is 2.79 bits per heavy atom. The summed E-state index contributed by atoms with van der Waals surface area (Å²) >= 11 is 1.48. The molecule has 0 aromatic heterocycles. The fourth-order valence-electron chi connectivity index (χ4n) is 4.36. The van der Waals surface area contributed by atoms with Gasteiger partial charge in [-0.1, -0.05) is 36.0 Å². The summed E-state index contributed by atoms with van der Waals surface area (Å²) in [6.45, 7) is 8.83. The maximum Gasteiger partial charge on any atom is 0.338 e. The average Bonchev–Trinajstić information content (AvgIpc) is 3.41. The number of thioether (sulfide) groups is 1. The van der Waals surface area contributed by atoms with E-state index in [1.54, 1.807) is 0 Å². The Hall–Kier alpha value is -2.58. The van der Waals surface area contributed by atoms with Crippen molar-refractivity contribution >= 4 is 28.8 Å². The van der Waals surface area contributed by atoms with Gasteiger partial charge in [-0.05, 0) is 57.1 Å². The van der Waals surface area contributed by atoms with Crippen LogP contribution in [0.3, 0.4) is 0 Å². The molecule has 4 rings (SSSR count). The minimum Gasteiger partial charge on any atom is -0.459 e. The van der Waals surface area contributed by atoms with Gasteiger partial charge < -0.3 is 19.7 Å². The SMILES string of the molecule is CC1=C(C(=O)OC(C)C)[C@@H](c2ccccc2C)N2C(CC(=O)NC[C@H]3CCCO3)=CSC2=N1. The summed E-state index contributed by atoms with van der Waals surface area (Å²) in [6, 6.07) is 7.60. The summed E-state index contributed by atoms with van der Waals surface area (Å²) in [5.41, 5.74) is 4.03. The number of esters is 1. The third-order valence-corrected chi connectivity index (χ3v) is 6.83. The highest BCUT2D eigenvalue weighted by Gasteiger charge is 2.41. The summed E-state index contributed by atoms with van der Waals surface area (Å²) in [5.74, 6) is -0.447. The number of hydrogen-bond acceptors (Lipinski definition) is 7. The van der Waals surface area contributed by atoms with Crippen molar-refractivity contribution in [2.75, 3.05) is 13.2 Å². The molecule has 0 bridgehead atoms. The van der Waals surface area contributed by atoms with E-state index in [2.05, 4.69) is 5.32 Å². The summed E-state index contributed by atoms with van der Waals surface area (Å²) in [6.07, 6.45) is 2.06. The monoisotopic (exact) mass is 469 g/mol. The minimum absolute atomic E-state index is 0.0697. The molecule has 3 aliphatic rings. The first-order valence-corrected chi connectivity index (χ1v) is 12.3. The highest BCUT2D eigenvalue weighted by molar-refractivity contribution is 8.16. The van der Waals surface area contributed by atoms with Crippen LogP contribution in [-0.4, -0.2) is 47.3 Å². The van der Waals surface area contributed by atoms with E-state index in [4.69, 9.17) is 14.5 Å². The number of carbonyl (C=O) groups excluding carboxylic acids is 2. The summed E-state index contributed by atoms with van der Waals surface area (Å²) in [4.78, 5) is 32.7. The molecule has 3 heterocycles. The van der Waals surface area contributed by atoms with Gasteiger partial charge in [0.25, 0.3) is 0 Å². The minimum atomic E-state index is -0.405. The van der Waals surface area contributed by atoms with Crippen LogP contribution in [0, 0.1) is 6.92 Å². The Balaban J connectivity index is 1.62. The lowest BCUT2D eigenvalue weighted by molar-refractivity contribution is -0.143. The smallest absolute Gasteiger partial charge is 0.338 e. The Labute approximate surface area is 199 Å². The number of carbonyl (C=O) groups is 2. The number of amides is 1. The number of nitrogens with zero attached hydrogens (tertiary/aromatic N) is 2. The van der Waals surface area contributed by atoms with Gasteiger partial charge in [-0.15, -0.1) is 0 Å². The normalized spacial score (nSPS) is 22.3. The molecule has 1 fully saturated rings. The van der Waals surface area contributed by atoms with Crippen LogP contribution in [0.5, 0.6) is 0 Å². The molecular weight excluding hydrogens is 438 g/mol. The summed E-state index contributed by atoms with van der Waals surface area (Å²) in [7, 11) is 0. The van der Waals surface area contributed by atoms with Crippen molar-refractivity contribution in [3.05, 3.63) is 57.8 Å². The molecule has 2 atom stereocenters. The van der Waals surface area contributed by atoms with Crippen LogP contribution in [0.4, 0.5) is 0 Å². The van der Waals surface area contributed by atoms with E-state index in [-0.39, 0.29) is 30.5 Å². The number of hydrogen-bond donors (Lipinski definition) is 1. The molecule has 8 heteroatoms. The molecular formula is C25H31N3O4S. The molecule has 1 saturated heterocycles. The standard InChI is InChI=1S/C25H31N3O4S/c1-15(2)32-24(30)22-17(4)27-25-28(23(22)20-10-6-5-8-16(20)3)18(14-33-25)12-21(29)26-13-19-9-7-11-31-19/h5-6,8,10,14-15,19,23H,7,9,11-13H2,1-4H3,(H,26,29)/t19-,23-/m1/s1. The fraction of sp³-hybridized carbons (Fsp3) is 0.480. The van der Waals surface area contributed by atoms with Gasteiger partial charge in [0, 0.05) is 18.8 Å². The topological polar surface area (TPSA) is 80.2 Å². The number of amidine groups is 1. The van der Waals surface area contributed by atoms with E-state index in [1.165, 1.54) is 11.8 Å². The van der Waals surface area contributed by atoms with Crippen molar-refractivity contribution in [1.29, 1.82) is 0 Å². The number of nitrogens with one attached hydrogen (secondary N) is 1. The molecule has 0 saturated carbocycles. The van der Waals surface area contributed by atoms with Crippen LogP contribution in [0.15, 0.2) is 51.6 Å². The molecule has 1 aromatic rings. The Bertz CT molecular complexity index is 1020. The Morgan fingerprint density at radius 1 is 1.30 bits per heavy atom. The highest BCUT2D eigenvalue weighted by Crippen LogP contribution is 2.45. The first-order valence-electron chi connectivity index (χ1n) is 11.4. The van der Waals surface area contributed by atoms with Gasteiger partial charge in [0.2, 0.25) is 5.91 Å². The second-order valence-electron chi connectivity index (χ2n) is 8.82. The van der Waals surface area contributed by atoms with Crippen LogP contribution >= 0.6 is 11.8 Å². The zero-order valence-electron chi connectivity index (χ0n) is 19.6. The van der Waals surface area contributed by atoms with Crippen molar-refractivity contribution in [3.63, 3.8) is 0 Å². The number of benzene rings is 1. The van der Waals surface area contributed by atoms with Crippen molar-refractivity contribution in [1.82, 2.24) is 10.2 Å². The van der Waals surface area contributed by atoms with Gasteiger partial charge in [-0.3, -0.25) is 4.79 Å². The van der Waals surface area contributed by atoms with E-state index in [0.717, 1.165) is 41.4 Å². The van der Waals surface area contributed by atoms with E-state index in [1.807, 2.05) is 62.3 Å². The number of allylic oxidation sites excluding steroid dienone is 1. The van der Waals surface area contributed by atoms with Crippen LogP contribution in [0.2, 0.25) is 0 Å². The number of aliphatic imine (C=N–C) groups is 1.